The summed E-state index contributed by atoms with van der Waals surface area (Å²) in [5.74, 6) is 1.42. The maximum absolute atomic E-state index is 5.82. The molecule has 0 bridgehead atoms. The fraction of sp³-hybridized carbons (Fsp3) is 0.545. The number of rotatable bonds is 3. The van der Waals surface area contributed by atoms with Crippen LogP contribution >= 0.6 is 0 Å². The highest BCUT2D eigenvalue weighted by Gasteiger charge is 2.14. The fourth-order valence-corrected chi connectivity index (χ4v) is 1.69. The van der Waals surface area contributed by atoms with Gasteiger partial charge in [0.15, 0.2) is 0 Å². The van der Waals surface area contributed by atoms with Crippen LogP contribution in [0.4, 0.5) is 0 Å². The van der Waals surface area contributed by atoms with Crippen LogP contribution < -0.4 is 14.8 Å². The molecule has 0 aliphatic carbocycles. The van der Waals surface area contributed by atoms with E-state index in [0.29, 0.717) is 5.88 Å². The summed E-state index contributed by atoms with van der Waals surface area (Å²) in [6.07, 6.45) is 4.25. The van der Waals surface area contributed by atoms with Crippen LogP contribution in [0.5, 0.6) is 11.6 Å². The lowest BCUT2D eigenvalue weighted by molar-refractivity contribution is 0.166. The zero-order chi connectivity index (χ0) is 10.5. The summed E-state index contributed by atoms with van der Waals surface area (Å²) in [4.78, 5) is 4.03. The van der Waals surface area contributed by atoms with Crippen molar-refractivity contribution in [2.75, 3.05) is 20.2 Å². The zero-order valence-electron chi connectivity index (χ0n) is 8.90. The average molecular weight is 208 g/mol. The number of piperidine rings is 1. The highest BCUT2D eigenvalue weighted by Crippen LogP contribution is 2.19. The number of pyridine rings is 1. The second kappa shape index (κ2) is 4.98. The lowest BCUT2D eigenvalue weighted by Crippen LogP contribution is -2.37. The van der Waals surface area contributed by atoms with Gasteiger partial charge in [0.25, 0.3) is 0 Å². The van der Waals surface area contributed by atoms with Gasteiger partial charge in [-0.1, -0.05) is 0 Å². The van der Waals surface area contributed by atoms with Crippen LogP contribution in [0.15, 0.2) is 18.3 Å². The molecule has 0 radical (unpaired) electrons. The van der Waals surface area contributed by atoms with E-state index in [-0.39, 0.29) is 6.10 Å². The molecule has 0 spiro atoms. The number of methoxy groups -OCH3 is 1. The third-order valence-corrected chi connectivity index (χ3v) is 2.47. The Balaban J connectivity index is 1.96. The second-order valence-corrected chi connectivity index (χ2v) is 3.62. The highest BCUT2D eigenvalue weighted by atomic mass is 16.5. The van der Waals surface area contributed by atoms with Gasteiger partial charge in [0.2, 0.25) is 5.88 Å². The van der Waals surface area contributed by atoms with E-state index in [1.807, 2.05) is 12.1 Å². The van der Waals surface area contributed by atoms with Gasteiger partial charge in [-0.05, 0) is 25.5 Å². The SMILES string of the molecule is COc1cc(O[C@H]2CCCNC2)ccn1. The van der Waals surface area contributed by atoms with Crippen LogP contribution in [-0.2, 0) is 0 Å². The largest absolute Gasteiger partial charge is 0.489 e. The predicted octanol–water partition coefficient (Wildman–Crippen LogP) is 1.22. The Morgan fingerprint density at radius 3 is 3.20 bits per heavy atom. The van der Waals surface area contributed by atoms with E-state index in [0.717, 1.165) is 25.3 Å². The smallest absolute Gasteiger partial charge is 0.216 e. The molecule has 0 amide bonds. The number of nitrogens with zero attached hydrogens (tertiary/aromatic N) is 1. The van der Waals surface area contributed by atoms with Crippen molar-refractivity contribution in [2.24, 2.45) is 0 Å². The van der Waals surface area contributed by atoms with Gasteiger partial charge in [-0.15, -0.1) is 0 Å². The van der Waals surface area contributed by atoms with Crippen molar-refractivity contribution in [3.63, 3.8) is 0 Å². The Morgan fingerprint density at radius 1 is 1.53 bits per heavy atom. The molecule has 0 unspecified atom stereocenters. The minimum absolute atomic E-state index is 0.269. The quantitative estimate of drug-likeness (QED) is 0.811. The van der Waals surface area contributed by atoms with E-state index < -0.39 is 0 Å². The minimum atomic E-state index is 0.269. The molecule has 82 valence electrons. The first-order valence-corrected chi connectivity index (χ1v) is 5.26. The third-order valence-electron chi connectivity index (χ3n) is 2.47. The van der Waals surface area contributed by atoms with Crippen LogP contribution in [-0.4, -0.2) is 31.3 Å². The van der Waals surface area contributed by atoms with Gasteiger partial charge >= 0.3 is 0 Å². The number of aromatic nitrogens is 1. The summed E-state index contributed by atoms with van der Waals surface area (Å²) >= 11 is 0. The topological polar surface area (TPSA) is 43.4 Å². The molecule has 1 aliphatic rings. The summed E-state index contributed by atoms with van der Waals surface area (Å²) in [5.41, 5.74) is 0. The first-order chi connectivity index (χ1) is 7.38. The molecule has 1 N–H and O–H groups in total. The lowest BCUT2D eigenvalue weighted by atomic mass is 10.1. The average Bonchev–Trinajstić information content (AvgIpc) is 2.31. The summed E-state index contributed by atoms with van der Waals surface area (Å²) in [6, 6.07) is 3.67. The van der Waals surface area contributed by atoms with Crippen molar-refractivity contribution in [3.8, 4) is 11.6 Å². The van der Waals surface area contributed by atoms with Crippen molar-refractivity contribution >= 4 is 0 Å². The molecule has 2 rings (SSSR count). The Labute approximate surface area is 89.6 Å². The van der Waals surface area contributed by atoms with Gasteiger partial charge in [0.1, 0.15) is 11.9 Å². The highest BCUT2D eigenvalue weighted by molar-refractivity contribution is 5.26. The minimum Gasteiger partial charge on any atom is -0.489 e. The first-order valence-electron chi connectivity index (χ1n) is 5.26. The number of nitrogens with one attached hydrogen (secondary N) is 1. The van der Waals surface area contributed by atoms with Crippen LogP contribution in [0.3, 0.4) is 0 Å². The van der Waals surface area contributed by atoms with Gasteiger partial charge in [-0.2, -0.15) is 0 Å². The van der Waals surface area contributed by atoms with Crippen molar-refractivity contribution in [2.45, 2.75) is 18.9 Å². The monoisotopic (exact) mass is 208 g/mol. The lowest BCUT2D eigenvalue weighted by Gasteiger charge is -2.23. The van der Waals surface area contributed by atoms with Gasteiger partial charge < -0.3 is 14.8 Å². The molecule has 0 saturated carbocycles. The molecule has 1 fully saturated rings. The van der Waals surface area contributed by atoms with E-state index in [1.165, 1.54) is 6.42 Å². The van der Waals surface area contributed by atoms with Crippen LogP contribution in [0.2, 0.25) is 0 Å². The standard InChI is InChI=1S/C11H16N2O2/c1-14-11-7-9(4-6-13-11)15-10-3-2-5-12-8-10/h4,6-7,10,12H,2-3,5,8H2,1H3/t10-/m0/s1. The van der Waals surface area contributed by atoms with Gasteiger partial charge in [0.05, 0.1) is 7.11 Å². The third kappa shape index (κ3) is 2.83. The molecule has 1 saturated heterocycles. The maximum Gasteiger partial charge on any atom is 0.216 e. The zero-order valence-corrected chi connectivity index (χ0v) is 8.90. The summed E-state index contributed by atoms with van der Waals surface area (Å²) in [6.45, 7) is 2.02. The summed E-state index contributed by atoms with van der Waals surface area (Å²) in [5, 5.41) is 3.31. The molecule has 1 aromatic rings. The van der Waals surface area contributed by atoms with Gasteiger partial charge in [-0.25, -0.2) is 4.98 Å². The maximum atomic E-state index is 5.82. The molecule has 2 heterocycles. The van der Waals surface area contributed by atoms with E-state index >= 15 is 0 Å². The van der Waals surface area contributed by atoms with E-state index in [2.05, 4.69) is 10.3 Å². The Hall–Kier alpha value is -1.29. The molecule has 4 heteroatoms. The summed E-state index contributed by atoms with van der Waals surface area (Å²) in [7, 11) is 1.61. The van der Waals surface area contributed by atoms with Crippen LogP contribution in [0.1, 0.15) is 12.8 Å². The number of hydrogen-bond acceptors (Lipinski definition) is 4. The van der Waals surface area contributed by atoms with Crippen molar-refractivity contribution < 1.29 is 9.47 Å². The molecule has 1 aromatic heterocycles. The summed E-state index contributed by atoms with van der Waals surface area (Å²) < 4.78 is 10.9. The molecular weight excluding hydrogens is 192 g/mol. The Bertz CT molecular complexity index is 311. The van der Waals surface area contributed by atoms with E-state index in [9.17, 15) is 0 Å². The van der Waals surface area contributed by atoms with Crippen LogP contribution in [0, 0.1) is 0 Å². The van der Waals surface area contributed by atoms with E-state index in [1.54, 1.807) is 13.3 Å². The Morgan fingerprint density at radius 2 is 2.47 bits per heavy atom. The molecular formula is C11H16N2O2. The predicted molar refractivity (Wildman–Crippen MR) is 57.3 cm³/mol. The van der Waals surface area contributed by atoms with Crippen molar-refractivity contribution in [1.29, 1.82) is 0 Å². The molecule has 0 aromatic carbocycles. The van der Waals surface area contributed by atoms with Crippen molar-refractivity contribution in [3.05, 3.63) is 18.3 Å². The number of ether oxygens (including phenoxy) is 2. The van der Waals surface area contributed by atoms with E-state index in [4.69, 9.17) is 9.47 Å². The molecule has 4 nitrogen and oxygen atoms in total. The Kier molecular flexibility index (Phi) is 3.40. The second-order valence-electron chi connectivity index (χ2n) is 3.62. The normalized spacial score (nSPS) is 21.0. The van der Waals surface area contributed by atoms with Gasteiger partial charge in [-0.3, -0.25) is 0 Å². The van der Waals surface area contributed by atoms with Gasteiger partial charge in [0, 0.05) is 18.8 Å². The molecule has 1 aliphatic heterocycles. The fourth-order valence-electron chi connectivity index (χ4n) is 1.69. The number of hydrogen-bond donors (Lipinski definition) is 1. The molecule has 1 atom stereocenters. The molecule has 15 heavy (non-hydrogen) atoms. The van der Waals surface area contributed by atoms with Crippen molar-refractivity contribution in [1.82, 2.24) is 10.3 Å². The van der Waals surface area contributed by atoms with Crippen LogP contribution in [0.25, 0.3) is 0 Å². The first kappa shape index (κ1) is 10.2.